The highest BCUT2D eigenvalue weighted by atomic mass is 16.7. The first-order valence-corrected chi connectivity index (χ1v) is 34.1. The second kappa shape index (κ2) is 55.7. The first-order chi connectivity index (χ1) is 42.1. The number of amides is 1. The van der Waals surface area contributed by atoms with Crippen LogP contribution in [0, 0.1) is 0 Å². The van der Waals surface area contributed by atoms with Crippen LogP contribution in [-0.2, 0) is 23.7 Å². The maximum atomic E-state index is 13.3. The molecule has 2 heterocycles. The minimum atomic E-state index is -1.79. The molecule has 0 bridgehead atoms. The molecule has 1 amide bonds. The zero-order valence-electron chi connectivity index (χ0n) is 53.5. The van der Waals surface area contributed by atoms with E-state index in [1.165, 1.54) is 135 Å². The summed E-state index contributed by atoms with van der Waals surface area (Å²) in [6.07, 6.45) is 63.2. The van der Waals surface area contributed by atoms with Crippen LogP contribution in [0.3, 0.4) is 0 Å². The Morgan fingerprint density at radius 1 is 0.430 bits per heavy atom. The maximum absolute atomic E-state index is 13.3. The molecule has 2 fully saturated rings. The van der Waals surface area contributed by atoms with Gasteiger partial charge in [0.05, 0.1) is 32.0 Å². The van der Waals surface area contributed by atoms with Crippen LogP contribution in [0.25, 0.3) is 0 Å². The molecule has 2 aliphatic heterocycles. The minimum absolute atomic E-state index is 0.252. The van der Waals surface area contributed by atoms with E-state index >= 15 is 0 Å². The van der Waals surface area contributed by atoms with Crippen molar-refractivity contribution >= 4 is 5.91 Å². The summed E-state index contributed by atoms with van der Waals surface area (Å²) < 4.78 is 22.7. The first kappa shape index (κ1) is 78.7. The molecule has 12 atom stereocenters. The van der Waals surface area contributed by atoms with Crippen molar-refractivity contribution in [3.05, 3.63) is 109 Å². The normalized spacial score (nSPS) is 24.1. The molecule has 0 aliphatic carbocycles. The van der Waals surface area contributed by atoms with Gasteiger partial charge < -0.3 is 65.1 Å². The van der Waals surface area contributed by atoms with E-state index < -0.39 is 86.8 Å². The van der Waals surface area contributed by atoms with Gasteiger partial charge in [-0.2, -0.15) is 0 Å². The van der Waals surface area contributed by atoms with Crippen LogP contribution in [-0.4, -0.2) is 140 Å². The first-order valence-electron chi connectivity index (χ1n) is 34.1. The zero-order valence-corrected chi connectivity index (χ0v) is 53.5. The van der Waals surface area contributed by atoms with Crippen LogP contribution in [0.15, 0.2) is 109 Å². The third-order valence-electron chi connectivity index (χ3n) is 15.9. The molecule has 0 spiro atoms. The lowest BCUT2D eigenvalue weighted by Crippen LogP contribution is -2.65. The molecule has 0 radical (unpaired) electrons. The van der Waals surface area contributed by atoms with Crippen molar-refractivity contribution in [1.82, 2.24) is 5.32 Å². The summed E-state index contributed by atoms with van der Waals surface area (Å²) >= 11 is 0. The third kappa shape index (κ3) is 39.6. The van der Waals surface area contributed by atoms with Gasteiger partial charge >= 0.3 is 0 Å². The summed E-state index contributed by atoms with van der Waals surface area (Å²) in [4.78, 5) is 13.3. The molecule has 0 aromatic heterocycles. The van der Waals surface area contributed by atoms with E-state index in [1.807, 2.05) is 6.08 Å². The van der Waals surface area contributed by atoms with Crippen molar-refractivity contribution in [1.29, 1.82) is 0 Å². The standard InChI is InChI=1S/C72H123NO13/c1-3-5-7-9-11-13-15-16-17-18-19-20-21-22-23-24-25-26-27-28-29-30-31-32-33-34-35-36-37-38-39-40-41-42-43-44-46-48-50-52-54-56-64(77)73-60(61(76)55-53-51-49-47-45-14-12-10-8-6-4-2)59-83-71-69(82)67(80)70(63(58-75)85-71)86-72-68(81)66(79)65(78)62(57-74)84-72/h5,7,11,13,16-17,19-20,22-23,25-26,28-29,45,47,53,55,60-63,65-72,74-76,78-82H,3-4,6,8-10,12,14-15,18,21,24,27,30-44,46,48-52,54,56-59H2,1-2H3,(H,73,77)/b7-5-,13-11-,17-16-,20-19-,23-22-,26-25-,29-28-,47-45+,55-53+. The van der Waals surface area contributed by atoms with Crippen LogP contribution in [0.4, 0.5) is 0 Å². The van der Waals surface area contributed by atoms with E-state index in [2.05, 4.69) is 116 Å². The molecule has 0 aromatic carbocycles. The van der Waals surface area contributed by atoms with Gasteiger partial charge in [-0.15, -0.1) is 0 Å². The van der Waals surface area contributed by atoms with Crippen LogP contribution < -0.4 is 5.32 Å². The van der Waals surface area contributed by atoms with E-state index in [1.54, 1.807) is 6.08 Å². The number of aliphatic hydroxyl groups is 8. The number of hydrogen-bond acceptors (Lipinski definition) is 13. The smallest absolute Gasteiger partial charge is 0.220 e. The van der Waals surface area contributed by atoms with Crippen molar-refractivity contribution in [3.8, 4) is 0 Å². The molecule has 2 aliphatic rings. The van der Waals surface area contributed by atoms with Crippen molar-refractivity contribution in [2.45, 2.75) is 319 Å². The summed E-state index contributed by atoms with van der Waals surface area (Å²) in [7, 11) is 0. The lowest BCUT2D eigenvalue weighted by Gasteiger charge is -2.46. The van der Waals surface area contributed by atoms with Crippen LogP contribution in [0.1, 0.15) is 245 Å². The molecule has 2 rings (SSSR count). The molecule has 494 valence electrons. The number of unbranched alkanes of at least 4 members (excludes halogenated alkanes) is 25. The largest absolute Gasteiger partial charge is 0.394 e. The van der Waals surface area contributed by atoms with Gasteiger partial charge in [-0.1, -0.05) is 258 Å². The summed E-state index contributed by atoms with van der Waals surface area (Å²) in [6, 6.07) is -0.934. The monoisotopic (exact) mass is 1210 g/mol. The summed E-state index contributed by atoms with van der Waals surface area (Å²) in [5, 5.41) is 87.0. The van der Waals surface area contributed by atoms with Crippen LogP contribution in [0.5, 0.6) is 0 Å². The molecule has 12 unspecified atom stereocenters. The summed E-state index contributed by atoms with van der Waals surface area (Å²) in [6.45, 7) is 2.63. The fourth-order valence-corrected chi connectivity index (χ4v) is 10.5. The number of allylic oxidation sites excluding steroid dienone is 17. The number of carbonyl (C=O) groups is 1. The van der Waals surface area contributed by atoms with E-state index in [9.17, 15) is 45.6 Å². The number of aliphatic hydroxyl groups excluding tert-OH is 8. The van der Waals surface area contributed by atoms with Crippen molar-refractivity contribution in [3.63, 3.8) is 0 Å². The molecular weight excluding hydrogens is 1090 g/mol. The molecule has 86 heavy (non-hydrogen) atoms. The quantitative estimate of drug-likeness (QED) is 0.0204. The second-order valence-corrected chi connectivity index (χ2v) is 23.6. The van der Waals surface area contributed by atoms with Gasteiger partial charge in [0, 0.05) is 6.42 Å². The van der Waals surface area contributed by atoms with Crippen molar-refractivity contribution in [2.75, 3.05) is 19.8 Å². The van der Waals surface area contributed by atoms with Gasteiger partial charge in [0.1, 0.15) is 48.8 Å². The summed E-state index contributed by atoms with van der Waals surface area (Å²) in [5.41, 5.74) is 0. The summed E-state index contributed by atoms with van der Waals surface area (Å²) in [5.74, 6) is -0.252. The molecule has 9 N–H and O–H groups in total. The number of hydrogen-bond donors (Lipinski definition) is 9. The average Bonchev–Trinajstić information content (AvgIpc) is 1.60. The second-order valence-electron chi connectivity index (χ2n) is 23.6. The Hall–Kier alpha value is -3.35. The van der Waals surface area contributed by atoms with Crippen molar-refractivity contribution in [2.24, 2.45) is 0 Å². The van der Waals surface area contributed by atoms with Gasteiger partial charge in [0.15, 0.2) is 12.6 Å². The van der Waals surface area contributed by atoms with Crippen LogP contribution in [0.2, 0.25) is 0 Å². The maximum Gasteiger partial charge on any atom is 0.220 e. The van der Waals surface area contributed by atoms with Gasteiger partial charge in [-0.3, -0.25) is 4.79 Å². The zero-order chi connectivity index (χ0) is 62.3. The number of nitrogens with one attached hydrogen (secondary N) is 1. The predicted octanol–water partition coefficient (Wildman–Crippen LogP) is 13.6. The molecular formula is C72H123NO13. The van der Waals surface area contributed by atoms with E-state index in [4.69, 9.17) is 18.9 Å². The lowest BCUT2D eigenvalue weighted by atomic mass is 9.97. The highest BCUT2D eigenvalue weighted by Gasteiger charge is 2.51. The fourth-order valence-electron chi connectivity index (χ4n) is 10.5. The molecule has 0 aromatic rings. The van der Waals surface area contributed by atoms with Crippen molar-refractivity contribution < 1.29 is 64.6 Å². The van der Waals surface area contributed by atoms with Gasteiger partial charge in [0.25, 0.3) is 0 Å². The SMILES string of the molecule is CC/C=C\C/C=C\C/C=C\C/C=C\C/C=C\C/C=C\C/C=C\CCCCCCCCCCCCCCCCCCCCCC(=O)NC(COC1OC(CO)C(OC2OC(CO)C(O)C(O)C2O)C(O)C1O)C(O)/C=C/CC/C=C/CCCCCCC. The topological polar surface area (TPSA) is 228 Å². The van der Waals surface area contributed by atoms with Gasteiger partial charge in [-0.25, -0.2) is 0 Å². The van der Waals surface area contributed by atoms with E-state index in [0.717, 1.165) is 77.0 Å². The molecule has 14 heteroatoms. The average molecular weight is 1210 g/mol. The molecule has 0 saturated carbocycles. The van der Waals surface area contributed by atoms with E-state index in [0.29, 0.717) is 12.8 Å². The molecule has 2 saturated heterocycles. The fraction of sp³-hybridized carbons (Fsp3) is 0.736. The number of ether oxygens (including phenoxy) is 4. The lowest BCUT2D eigenvalue weighted by molar-refractivity contribution is -0.359. The Balaban J connectivity index is 1.55. The third-order valence-corrected chi connectivity index (χ3v) is 15.9. The van der Waals surface area contributed by atoms with Gasteiger partial charge in [-0.05, 0) is 89.9 Å². The minimum Gasteiger partial charge on any atom is -0.394 e. The molecule has 14 nitrogen and oxygen atoms in total. The number of rotatable bonds is 54. The Labute approximate surface area is 521 Å². The van der Waals surface area contributed by atoms with E-state index in [-0.39, 0.29) is 18.9 Å². The Morgan fingerprint density at radius 3 is 1.28 bits per heavy atom. The predicted molar refractivity (Wildman–Crippen MR) is 350 cm³/mol. The van der Waals surface area contributed by atoms with Crippen LogP contribution >= 0.6 is 0 Å². The highest BCUT2D eigenvalue weighted by molar-refractivity contribution is 5.76. The number of carbonyl (C=O) groups excluding carboxylic acids is 1. The highest BCUT2D eigenvalue weighted by Crippen LogP contribution is 2.30. The van der Waals surface area contributed by atoms with Gasteiger partial charge in [0.2, 0.25) is 5.91 Å². The Kier molecular flexibility index (Phi) is 51.0. The Bertz CT molecular complexity index is 1860. The Morgan fingerprint density at radius 2 is 0.814 bits per heavy atom.